The molecule has 0 fully saturated rings. The second kappa shape index (κ2) is 10.6. The van der Waals surface area contributed by atoms with E-state index in [-0.39, 0.29) is 5.97 Å². The normalized spacial score (nSPS) is 11.5. The smallest absolute Gasteiger partial charge is 0.305 e. The molecule has 2 heterocycles. The summed E-state index contributed by atoms with van der Waals surface area (Å²) < 4.78 is 12.0. The van der Waals surface area contributed by atoms with Crippen LogP contribution in [-0.2, 0) is 22.5 Å². The molecule has 0 unspecified atom stereocenters. The third kappa shape index (κ3) is 5.80. The van der Waals surface area contributed by atoms with E-state index in [9.17, 15) is 9.90 Å². The first kappa shape index (κ1) is 23.0. The van der Waals surface area contributed by atoms with Crippen LogP contribution in [0.4, 0.5) is 0 Å². The average molecular weight is 456 g/mol. The standard InChI is InChI=1S/C27H25N3O4/c1-19(31)27-28-15-16-30(27)18-24-17-25(34-29-24)23-12-9-22(10-13-23)8-5-20-3-6-21(7-4-20)11-14-26(32)33-2/h3-4,6-7,9-10,12-13,15-17,19,31H,11,14,18H2,1-2H3/t19-/m0/s1. The second-order valence-electron chi connectivity index (χ2n) is 7.87. The van der Waals surface area contributed by atoms with Crippen molar-refractivity contribution in [1.29, 1.82) is 0 Å². The van der Waals surface area contributed by atoms with Gasteiger partial charge in [0.2, 0.25) is 0 Å². The van der Waals surface area contributed by atoms with Crippen molar-refractivity contribution < 1.29 is 19.2 Å². The van der Waals surface area contributed by atoms with E-state index in [0.717, 1.165) is 27.9 Å². The Hall–Kier alpha value is -4.15. The lowest BCUT2D eigenvalue weighted by atomic mass is 10.1. The first-order valence-corrected chi connectivity index (χ1v) is 10.9. The number of hydrogen-bond acceptors (Lipinski definition) is 6. The van der Waals surface area contributed by atoms with Crippen LogP contribution in [0.1, 0.15) is 47.7 Å². The molecule has 0 aliphatic heterocycles. The van der Waals surface area contributed by atoms with E-state index in [1.165, 1.54) is 7.11 Å². The minimum absolute atomic E-state index is 0.211. The highest BCUT2D eigenvalue weighted by Crippen LogP contribution is 2.22. The molecule has 0 aliphatic rings. The van der Waals surface area contributed by atoms with Crippen LogP contribution in [-0.4, -0.2) is 32.9 Å². The van der Waals surface area contributed by atoms with Crippen LogP contribution in [0.25, 0.3) is 11.3 Å². The molecule has 0 radical (unpaired) electrons. The molecule has 2 aromatic heterocycles. The Bertz CT molecular complexity index is 1310. The fourth-order valence-electron chi connectivity index (χ4n) is 3.48. The predicted octanol–water partition coefficient (Wildman–Crippen LogP) is 4.15. The summed E-state index contributed by atoms with van der Waals surface area (Å²) in [6, 6.07) is 17.5. The van der Waals surface area contributed by atoms with Gasteiger partial charge in [0.05, 0.1) is 13.7 Å². The number of aromatic nitrogens is 3. The van der Waals surface area contributed by atoms with Crippen molar-refractivity contribution in [3.05, 3.63) is 95.2 Å². The Labute approximate surface area is 198 Å². The lowest BCUT2D eigenvalue weighted by Crippen LogP contribution is -2.07. The minimum atomic E-state index is -0.653. The largest absolute Gasteiger partial charge is 0.469 e. The first-order valence-electron chi connectivity index (χ1n) is 10.9. The third-order valence-electron chi connectivity index (χ3n) is 5.33. The maximum Gasteiger partial charge on any atom is 0.305 e. The Kier molecular flexibility index (Phi) is 7.21. The van der Waals surface area contributed by atoms with Crippen molar-refractivity contribution >= 4 is 5.97 Å². The molecule has 2 aromatic carbocycles. The van der Waals surface area contributed by atoms with Crippen molar-refractivity contribution in [3.63, 3.8) is 0 Å². The van der Waals surface area contributed by atoms with E-state index in [4.69, 9.17) is 4.52 Å². The van der Waals surface area contributed by atoms with Gasteiger partial charge in [-0.05, 0) is 55.3 Å². The van der Waals surface area contributed by atoms with E-state index in [0.29, 0.717) is 31.0 Å². The van der Waals surface area contributed by atoms with Crippen LogP contribution < -0.4 is 0 Å². The number of carbonyl (C=O) groups excluding carboxylic acids is 1. The van der Waals surface area contributed by atoms with Crippen molar-refractivity contribution in [3.8, 4) is 23.2 Å². The highest BCUT2D eigenvalue weighted by Gasteiger charge is 2.12. The van der Waals surface area contributed by atoms with Gasteiger partial charge in [0.1, 0.15) is 17.6 Å². The van der Waals surface area contributed by atoms with Crippen molar-refractivity contribution in [2.45, 2.75) is 32.4 Å². The third-order valence-corrected chi connectivity index (χ3v) is 5.33. The first-order chi connectivity index (χ1) is 16.5. The molecular formula is C27H25N3O4. The van der Waals surface area contributed by atoms with Gasteiger partial charge in [0, 0.05) is 41.6 Å². The van der Waals surface area contributed by atoms with Gasteiger partial charge in [0.25, 0.3) is 0 Å². The predicted molar refractivity (Wildman–Crippen MR) is 127 cm³/mol. The summed E-state index contributed by atoms with van der Waals surface area (Å²) in [6.07, 6.45) is 3.82. The van der Waals surface area contributed by atoms with Crippen LogP contribution in [0, 0.1) is 11.8 Å². The van der Waals surface area contributed by atoms with Gasteiger partial charge < -0.3 is 18.9 Å². The Morgan fingerprint density at radius 2 is 1.79 bits per heavy atom. The highest BCUT2D eigenvalue weighted by molar-refractivity contribution is 5.69. The number of imidazole rings is 1. The fraction of sp³-hybridized carbons (Fsp3) is 0.222. The molecule has 0 saturated carbocycles. The van der Waals surface area contributed by atoms with Gasteiger partial charge in [-0.3, -0.25) is 4.79 Å². The quantitative estimate of drug-likeness (QED) is 0.333. The summed E-state index contributed by atoms with van der Waals surface area (Å²) in [4.78, 5) is 15.4. The molecule has 0 spiro atoms. The van der Waals surface area contributed by atoms with Crippen LogP contribution in [0.3, 0.4) is 0 Å². The molecule has 34 heavy (non-hydrogen) atoms. The van der Waals surface area contributed by atoms with Crippen LogP contribution in [0.2, 0.25) is 0 Å². The van der Waals surface area contributed by atoms with E-state index >= 15 is 0 Å². The lowest BCUT2D eigenvalue weighted by Gasteiger charge is -2.07. The molecule has 0 aliphatic carbocycles. The van der Waals surface area contributed by atoms with Gasteiger partial charge in [-0.2, -0.15) is 0 Å². The lowest BCUT2D eigenvalue weighted by molar-refractivity contribution is -0.140. The number of rotatable bonds is 7. The summed E-state index contributed by atoms with van der Waals surface area (Å²) in [5.74, 6) is 7.36. The molecule has 0 bridgehead atoms. The highest BCUT2D eigenvalue weighted by atomic mass is 16.5. The average Bonchev–Trinajstić information content (AvgIpc) is 3.52. The fourth-order valence-corrected chi connectivity index (χ4v) is 3.48. The number of aryl methyl sites for hydroxylation is 1. The minimum Gasteiger partial charge on any atom is -0.469 e. The number of carbonyl (C=O) groups is 1. The van der Waals surface area contributed by atoms with Gasteiger partial charge in [-0.1, -0.05) is 29.1 Å². The number of aliphatic hydroxyl groups excluding tert-OH is 1. The van der Waals surface area contributed by atoms with Crippen LogP contribution >= 0.6 is 0 Å². The summed E-state index contributed by atoms with van der Waals surface area (Å²) in [5, 5.41) is 13.9. The molecular weight excluding hydrogens is 430 g/mol. The van der Waals surface area contributed by atoms with Crippen molar-refractivity contribution in [2.75, 3.05) is 7.11 Å². The van der Waals surface area contributed by atoms with Crippen LogP contribution in [0.15, 0.2) is 71.5 Å². The summed E-state index contributed by atoms with van der Waals surface area (Å²) >= 11 is 0. The van der Waals surface area contributed by atoms with E-state index in [1.807, 2.05) is 59.2 Å². The molecule has 0 saturated heterocycles. The number of hydrogen-bond donors (Lipinski definition) is 1. The monoisotopic (exact) mass is 455 g/mol. The molecule has 7 nitrogen and oxygen atoms in total. The number of esters is 1. The zero-order chi connectivity index (χ0) is 23.9. The van der Waals surface area contributed by atoms with E-state index in [1.54, 1.807) is 19.3 Å². The maximum atomic E-state index is 11.3. The molecule has 172 valence electrons. The van der Waals surface area contributed by atoms with Crippen molar-refractivity contribution in [2.24, 2.45) is 0 Å². The molecule has 1 atom stereocenters. The molecule has 4 aromatic rings. The van der Waals surface area contributed by atoms with E-state index in [2.05, 4.69) is 26.7 Å². The summed E-state index contributed by atoms with van der Waals surface area (Å²) in [5.41, 5.74) is 4.51. The summed E-state index contributed by atoms with van der Waals surface area (Å²) in [6.45, 7) is 2.15. The Morgan fingerprint density at radius 3 is 2.44 bits per heavy atom. The number of methoxy groups -OCH3 is 1. The number of nitrogens with zero attached hydrogens (tertiary/aromatic N) is 3. The number of aliphatic hydroxyl groups is 1. The summed E-state index contributed by atoms with van der Waals surface area (Å²) in [7, 11) is 1.40. The maximum absolute atomic E-state index is 11.3. The zero-order valence-electron chi connectivity index (χ0n) is 19.1. The van der Waals surface area contributed by atoms with E-state index < -0.39 is 6.10 Å². The Balaban J connectivity index is 1.38. The van der Waals surface area contributed by atoms with Gasteiger partial charge in [0.15, 0.2) is 5.76 Å². The topological polar surface area (TPSA) is 90.4 Å². The van der Waals surface area contributed by atoms with Gasteiger partial charge >= 0.3 is 5.97 Å². The van der Waals surface area contributed by atoms with Gasteiger partial charge in [-0.15, -0.1) is 0 Å². The molecule has 4 rings (SSSR count). The van der Waals surface area contributed by atoms with Crippen LogP contribution in [0.5, 0.6) is 0 Å². The zero-order valence-corrected chi connectivity index (χ0v) is 19.1. The van der Waals surface area contributed by atoms with Gasteiger partial charge in [-0.25, -0.2) is 4.98 Å². The number of benzene rings is 2. The number of ether oxygens (including phenoxy) is 1. The second-order valence-corrected chi connectivity index (χ2v) is 7.87. The molecule has 7 heteroatoms. The SMILES string of the molecule is COC(=O)CCc1ccc(C#Cc2ccc(-c3cc(Cn4ccnc4[C@H](C)O)no3)cc2)cc1. The molecule has 0 amide bonds. The Morgan fingerprint density at radius 1 is 1.12 bits per heavy atom. The molecule has 1 N–H and O–H groups in total. The van der Waals surface area contributed by atoms with Crippen molar-refractivity contribution in [1.82, 2.24) is 14.7 Å².